The van der Waals surface area contributed by atoms with Gasteiger partial charge in [0.05, 0.1) is 6.61 Å². The Bertz CT molecular complexity index is 471. The number of carbonyl (C=O) groups excluding carboxylic acids is 1. The van der Waals surface area contributed by atoms with Gasteiger partial charge in [0.1, 0.15) is 11.6 Å². The third kappa shape index (κ3) is 3.46. The topological polar surface area (TPSA) is 70.1 Å². The normalized spacial score (nSPS) is 26.2. The Hall–Kier alpha value is -1.36. The van der Waals surface area contributed by atoms with Crippen LogP contribution in [0.25, 0.3) is 0 Å². The predicted octanol–water partition coefficient (Wildman–Crippen LogP) is 2.99. The summed E-state index contributed by atoms with van der Waals surface area (Å²) in [6.07, 6.45) is 4.64. The van der Waals surface area contributed by atoms with Gasteiger partial charge in [-0.25, -0.2) is 4.79 Å². The predicted molar refractivity (Wildman–Crippen MR) is 79.3 cm³/mol. The molecule has 5 heteroatoms. The first kappa shape index (κ1) is 16.0. The van der Waals surface area contributed by atoms with Crippen LogP contribution in [0.5, 0.6) is 0 Å². The molecule has 0 aromatic rings. The van der Waals surface area contributed by atoms with Gasteiger partial charge >= 0.3 is 6.09 Å². The SMILES string of the molecule is CC(C)(C)N(C(=O)O)C(CC1=CCCC1)C(=O)[C@@]1(C)CO1. The molecule has 1 saturated heterocycles. The van der Waals surface area contributed by atoms with Gasteiger partial charge in [-0.1, -0.05) is 11.6 Å². The minimum absolute atomic E-state index is 0.118. The molecule has 1 aliphatic carbocycles. The van der Waals surface area contributed by atoms with Crippen LogP contribution in [-0.4, -0.2) is 45.7 Å². The summed E-state index contributed by atoms with van der Waals surface area (Å²) in [6, 6.07) is -0.667. The number of rotatable bonds is 5. The fraction of sp³-hybridized carbons (Fsp3) is 0.750. The average molecular weight is 295 g/mol. The van der Waals surface area contributed by atoms with Gasteiger partial charge in [0.2, 0.25) is 0 Å². The van der Waals surface area contributed by atoms with Gasteiger partial charge in [-0.3, -0.25) is 9.69 Å². The standard InChI is InChI=1S/C16H25NO4/c1-15(2,3)17(14(19)20)12(9-11-7-5-6-8-11)13(18)16(4)10-21-16/h7,12H,5-6,8-10H2,1-4H3,(H,19,20)/t12?,16-/m1/s1. The zero-order valence-corrected chi connectivity index (χ0v) is 13.3. The van der Waals surface area contributed by atoms with E-state index < -0.39 is 23.3 Å². The lowest BCUT2D eigenvalue weighted by atomic mass is 9.90. The third-order valence-electron chi connectivity index (χ3n) is 4.23. The molecular formula is C16H25NO4. The fourth-order valence-electron chi connectivity index (χ4n) is 2.96. The van der Waals surface area contributed by atoms with E-state index in [-0.39, 0.29) is 5.78 Å². The Kier molecular flexibility index (Phi) is 4.15. The minimum atomic E-state index is -1.05. The number of ether oxygens (including phenoxy) is 1. The quantitative estimate of drug-likeness (QED) is 0.625. The number of amides is 1. The van der Waals surface area contributed by atoms with Gasteiger partial charge in [0, 0.05) is 5.54 Å². The molecule has 0 spiro atoms. The van der Waals surface area contributed by atoms with Crippen LogP contribution >= 0.6 is 0 Å². The summed E-state index contributed by atoms with van der Waals surface area (Å²) < 4.78 is 5.26. The highest BCUT2D eigenvalue weighted by molar-refractivity contribution is 5.96. The number of epoxide rings is 1. The molecule has 0 aromatic heterocycles. The van der Waals surface area contributed by atoms with E-state index in [9.17, 15) is 14.7 Å². The molecule has 1 unspecified atom stereocenters. The number of carbonyl (C=O) groups is 2. The van der Waals surface area contributed by atoms with Crippen molar-refractivity contribution in [3.8, 4) is 0 Å². The van der Waals surface area contributed by atoms with Gasteiger partial charge in [-0.05, 0) is 53.4 Å². The van der Waals surface area contributed by atoms with Gasteiger partial charge in [-0.2, -0.15) is 0 Å². The highest BCUT2D eigenvalue weighted by Crippen LogP contribution is 2.35. The van der Waals surface area contributed by atoms with Crippen molar-refractivity contribution < 1.29 is 19.4 Å². The Balaban J connectivity index is 2.29. The molecule has 2 atom stereocenters. The highest BCUT2D eigenvalue weighted by atomic mass is 16.6. The first-order valence-corrected chi connectivity index (χ1v) is 7.53. The Morgan fingerprint density at radius 1 is 1.48 bits per heavy atom. The average Bonchev–Trinajstić information content (AvgIpc) is 2.88. The number of ketones is 1. The van der Waals surface area contributed by atoms with Crippen molar-refractivity contribution in [1.29, 1.82) is 0 Å². The van der Waals surface area contributed by atoms with E-state index in [0.29, 0.717) is 13.0 Å². The molecule has 0 bridgehead atoms. The van der Waals surface area contributed by atoms with Crippen LogP contribution in [0.1, 0.15) is 53.4 Å². The molecule has 1 N–H and O–H groups in total. The minimum Gasteiger partial charge on any atom is -0.465 e. The number of carboxylic acid groups (broad SMARTS) is 1. The second-order valence-corrected chi connectivity index (χ2v) is 7.18. The van der Waals surface area contributed by atoms with Crippen molar-refractivity contribution in [3.05, 3.63) is 11.6 Å². The molecule has 1 amide bonds. The molecule has 1 aliphatic heterocycles. The van der Waals surface area contributed by atoms with Crippen LogP contribution in [-0.2, 0) is 9.53 Å². The van der Waals surface area contributed by atoms with E-state index in [2.05, 4.69) is 6.08 Å². The van der Waals surface area contributed by atoms with Gasteiger partial charge in [-0.15, -0.1) is 0 Å². The van der Waals surface area contributed by atoms with Gasteiger partial charge in [0.25, 0.3) is 0 Å². The third-order valence-corrected chi connectivity index (χ3v) is 4.23. The van der Waals surface area contributed by atoms with Crippen LogP contribution in [0.15, 0.2) is 11.6 Å². The summed E-state index contributed by atoms with van der Waals surface area (Å²) >= 11 is 0. The van der Waals surface area contributed by atoms with E-state index in [1.807, 2.05) is 20.8 Å². The smallest absolute Gasteiger partial charge is 0.408 e. The Labute approximate surface area is 126 Å². The van der Waals surface area contributed by atoms with E-state index in [1.54, 1.807) is 6.92 Å². The summed E-state index contributed by atoms with van der Waals surface area (Å²) in [5, 5.41) is 9.60. The van der Waals surface area contributed by atoms with Crippen LogP contribution in [0.3, 0.4) is 0 Å². The van der Waals surface area contributed by atoms with Crippen molar-refractivity contribution in [2.45, 2.75) is 70.6 Å². The second-order valence-electron chi connectivity index (χ2n) is 7.18. The maximum absolute atomic E-state index is 12.8. The highest BCUT2D eigenvalue weighted by Gasteiger charge is 2.53. The largest absolute Gasteiger partial charge is 0.465 e. The zero-order chi connectivity index (χ0) is 15.8. The van der Waals surface area contributed by atoms with Crippen molar-refractivity contribution in [2.24, 2.45) is 0 Å². The number of Topliss-reactive ketones (excluding diaryl/α,β-unsaturated/α-hetero) is 1. The first-order valence-electron chi connectivity index (χ1n) is 7.53. The van der Waals surface area contributed by atoms with Crippen molar-refractivity contribution in [2.75, 3.05) is 6.61 Å². The molecule has 1 heterocycles. The lowest BCUT2D eigenvalue weighted by Gasteiger charge is -2.39. The van der Waals surface area contributed by atoms with Crippen molar-refractivity contribution in [1.82, 2.24) is 4.90 Å². The summed E-state index contributed by atoms with van der Waals surface area (Å²) in [7, 11) is 0. The Morgan fingerprint density at radius 2 is 2.10 bits per heavy atom. The van der Waals surface area contributed by atoms with E-state index in [1.165, 1.54) is 10.5 Å². The molecule has 0 radical (unpaired) electrons. The molecule has 21 heavy (non-hydrogen) atoms. The molecule has 2 aliphatic rings. The molecule has 0 saturated carbocycles. The number of hydrogen-bond donors (Lipinski definition) is 1. The second kappa shape index (κ2) is 5.44. The molecule has 1 fully saturated rings. The number of allylic oxidation sites excluding steroid dienone is 1. The van der Waals surface area contributed by atoms with Crippen LogP contribution in [0, 0.1) is 0 Å². The fourth-order valence-corrected chi connectivity index (χ4v) is 2.96. The van der Waals surface area contributed by atoms with Crippen LogP contribution in [0.4, 0.5) is 4.79 Å². The molecular weight excluding hydrogens is 270 g/mol. The van der Waals surface area contributed by atoms with Crippen molar-refractivity contribution >= 4 is 11.9 Å². The maximum atomic E-state index is 12.8. The van der Waals surface area contributed by atoms with Crippen LogP contribution < -0.4 is 0 Å². The van der Waals surface area contributed by atoms with Gasteiger partial charge in [0.15, 0.2) is 5.78 Å². The maximum Gasteiger partial charge on any atom is 0.408 e. The number of hydrogen-bond acceptors (Lipinski definition) is 3. The van der Waals surface area contributed by atoms with E-state index >= 15 is 0 Å². The molecule has 0 aromatic carbocycles. The molecule has 2 rings (SSSR count). The summed E-state index contributed by atoms with van der Waals surface area (Å²) in [5.74, 6) is -0.118. The Morgan fingerprint density at radius 3 is 2.48 bits per heavy atom. The lowest BCUT2D eigenvalue weighted by molar-refractivity contribution is -0.130. The monoisotopic (exact) mass is 295 g/mol. The molecule has 118 valence electrons. The van der Waals surface area contributed by atoms with Crippen molar-refractivity contribution in [3.63, 3.8) is 0 Å². The number of nitrogens with zero attached hydrogens (tertiary/aromatic N) is 1. The van der Waals surface area contributed by atoms with E-state index in [0.717, 1.165) is 19.3 Å². The summed E-state index contributed by atoms with van der Waals surface area (Å²) in [6.45, 7) is 7.59. The summed E-state index contributed by atoms with van der Waals surface area (Å²) in [4.78, 5) is 25.8. The first-order chi connectivity index (χ1) is 9.65. The zero-order valence-electron chi connectivity index (χ0n) is 13.3. The van der Waals surface area contributed by atoms with E-state index in [4.69, 9.17) is 4.74 Å². The molecule has 5 nitrogen and oxygen atoms in total. The summed E-state index contributed by atoms with van der Waals surface area (Å²) in [5.41, 5.74) is -0.243. The van der Waals surface area contributed by atoms with Crippen LogP contribution in [0.2, 0.25) is 0 Å². The lowest BCUT2D eigenvalue weighted by Crippen LogP contribution is -2.56. The van der Waals surface area contributed by atoms with Gasteiger partial charge < -0.3 is 9.84 Å².